The molecule has 7 heteroatoms. The second-order valence-corrected chi connectivity index (χ2v) is 6.83. The molecule has 0 unspecified atom stereocenters. The van der Waals surface area contributed by atoms with Gasteiger partial charge in [-0.05, 0) is 26.7 Å². The lowest BCUT2D eigenvalue weighted by molar-refractivity contribution is 0.0627. The van der Waals surface area contributed by atoms with Crippen LogP contribution in [0.5, 0.6) is 0 Å². The molecule has 0 bridgehead atoms. The highest BCUT2D eigenvalue weighted by Crippen LogP contribution is 2.42. The van der Waals surface area contributed by atoms with Crippen molar-refractivity contribution in [1.82, 2.24) is 19.7 Å². The third-order valence-corrected chi connectivity index (χ3v) is 4.02. The number of fused-ring (bicyclic) bond motifs is 1. The van der Waals surface area contributed by atoms with Gasteiger partial charge in [0.1, 0.15) is 29.2 Å². The van der Waals surface area contributed by atoms with E-state index in [1.165, 1.54) is 6.33 Å². The lowest BCUT2D eigenvalue weighted by atomic mass is 10.1. The summed E-state index contributed by atoms with van der Waals surface area (Å²) in [6.07, 6.45) is 5.64. The van der Waals surface area contributed by atoms with E-state index in [4.69, 9.17) is 10.3 Å². The number of hydrogen-bond donors (Lipinski definition) is 2. The van der Waals surface area contributed by atoms with E-state index in [2.05, 4.69) is 15.1 Å². The summed E-state index contributed by atoms with van der Waals surface area (Å²) in [5.74, 6) is 1.81. The number of nitrogens with zero attached hydrogens (tertiary/aromatic N) is 4. The molecule has 0 aliphatic heterocycles. The fraction of sp³-hybridized carbons (Fsp3) is 0.438. The lowest BCUT2D eigenvalue weighted by Gasteiger charge is -2.18. The summed E-state index contributed by atoms with van der Waals surface area (Å²) < 4.78 is 7.33. The molecule has 3 N–H and O–H groups in total. The zero-order valence-electron chi connectivity index (χ0n) is 13.2. The molecule has 0 amide bonds. The normalized spacial score (nSPS) is 15.4. The fourth-order valence-electron chi connectivity index (χ4n) is 2.86. The summed E-state index contributed by atoms with van der Waals surface area (Å²) in [4.78, 5) is 8.42. The van der Waals surface area contributed by atoms with Crippen molar-refractivity contribution in [2.24, 2.45) is 0 Å². The highest BCUT2D eigenvalue weighted by Gasteiger charge is 2.29. The largest absolute Gasteiger partial charge is 0.389 e. The van der Waals surface area contributed by atoms with Crippen molar-refractivity contribution in [1.29, 1.82) is 0 Å². The van der Waals surface area contributed by atoms with Crippen LogP contribution in [0, 0.1) is 0 Å². The van der Waals surface area contributed by atoms with Crippen molar-refractivity contribution in [3.8, 4) is 11.3 Å². The van der Waals surface area contributed by atoms with E-state index in [0.717, 1.165) is 35.2 Å². The molecule has 0 saturated heterocycles. The molecule has 1 aliphatic rings. The van der Waals surface area contributed by atoms with Gasteiger partial charge in [0.25, 0.3) is 0 Å². The van der Waals surface area contributed by atoms with Crippen LogP contribution in [0.3, 0.4) is 0 Å². The molecular weight excluding hydrogens is 294 g/mol. The van der Waals surface area contributed by atoms with Crippen molar-refractivity contribution in [3.63, 3.8) is 0 Å². The molecule has 3 aromatic heterocycles. The van der Waals surface area contributed by atoms with Crippen molar-refractivity contribution in [2.45, 2.75) is 44.8 Å². The van der Waals surface area contributed by atoms with Gasteiger partial charge in [-0.1, -0.05) is 5.16 Å². The maximum atomic E-state index is 10.1. The third kappa shape index (κ3) is 2.57. The fourth-order valence-corrected chi connectivity index (χ4v) is 2.86. The summed E-state index contributed by atoms with van der Waals surface area (Å²) in [5, 5.41) is 15.1. The Morgan fingerprint density at radius 1 is 1.39 bits per heavy atom. The van der Waals surface area contributed by atoms with Crippen LogP contribution in [0.2, 0.25) is 0 Å². The number of anilines is 1. The quantitative estimate of drug-likeness (QED) is 0.766. The van der Waals surface area contributed by atoms with E-state index in [1.54, 1.807) is 13.8 Å². The SMILES string of the molecule is CC(C)(O)Cn1cc(-c2cc(C3CC3)on2)c2c(N)ncnc21. The predicted octanol–water partition coefficient (Wildman–Crippen LogP) is 2.32. The summed E-state index contributed by atoms with van der Waals surface area (Å²) in [6.45, 7) is 3.90. The first kappa shape index (κ1) is 14.2. The molecule has 0 spiro atoms. The van der Waals surface area contributed by atoms with E-state index in [-0.39, 0.29) is 0 Å². The van der Waals surface area contributed by atoms with Crippen LogP contribution in [0.4, 0.5) is 5.82 Å². The summed E-state index contributed by atoms with van der Waals surface area (Å²) in [6, 6.07) is 1.97. The number of aromatic nitrogens is 4. The van der Waals surface area contributed by atoms with Gasteiger partial charge in [0.2, 0.25) is 0 Å². The first-order valence-electron chi connectivity index (χ1n) is 7.71. The third-order valence-electron chi connectivity index (χ3n) is 4.02. The average Bonchev–Trinajstić information content (AvgIpc) is 3.09. The average molecular weight is 313 g/mol. The Kier molecular flexibility index (Phi) is 2.96. The Hall–Kier alpha value is -2.41. The molecule has 3 heterocycles. The van der Waals surface area contributed by atoms with Gasteiger partial charge in [-0.3, -0.25) is 0 Å². The molecule has 4 rings (SSSR count). The van der Waals surface area contributed by atoms with Gasteiger partial charge in [-0.25, -0.2) is 9.97 Å². The molecule has 0 atom stereocenters. The van der Waals surface area contributed by atoms with Crippen molar-refractivity contribution in [2.75, 3.05) is 5.73 Å². The second kappa shape index (κ2) is 4.79. The van der Waals surface area contributed by atoms with Gasteiger partial charge >= 0.3 is 0 Å². The Morgan fingerprint density at radius 2 is 2.17 bits per heavy atom. The van der Waals surface area contributed by atoms with Crippen LogP contribution in [0.15, 0.2) is 23.1 Å². The van der Waals surface area contributed by atoms with Gasteiger partial charge in [0.15, 0.2) is 0 Å². The predicted molar refractivity (Wildman–Crippen MR) is 85.7 cm³/mol. The number of nitrogens with two attached hydrogens (primary N) is 1. The van der Waals surface area contributed by atoms with Gasteiger partial charge in [0, 0.05) is 23.7 Å². The van der Waals surface area contributed by atoms with Crippen molar-refractivity contribution >= 4 is 16.9 Å². The molecular formula is C16H19N5O2. The summed E-state index contributed by atoms with van der Waals surface area (Å²) in [5.41, 5.74) is 7.44. The second-order valence-electron chi connectivity index (χ2n) is 6.83. The smallest absolute Gasteiger partial charge is 0.146 e. The molecule has 1 saturated carbocycles. The minimum Gasteiger partial charge on any atom is -0.389 e. The van der Waals surface area contributed by atoms with E-state index < -0.39 is 5.60 Å². The molecule has 1 fully saturated rings. The van der Waals surface area contributed by atoms with Crippen LogP contribution < -0.4 is 5.73 Å². The zero-order valence-corrected chi connectivity index (χ0v) is 13.2. The van der Waals surface area contributed by atoms with E-state index >= 15 is 0 Å². The lowest BCUT2D eigenvalue weighted by Crippen LogP contribution is -2.25. The first-order chi connectivity index (χ1) is 10.9. The summed E-state index contributed by atoms with van der Waals surface area (Å²) >= 11 is 0. The Bertz CT molecular complexity index is 870. The highest BCUT2D eigenvalue weighted by atomic mass is 16.5. The molecule has 7 nitrogen and oxygen atoms in total. The van der Waals surface area contributed by atoms with Gasteiger partial charge in [-0.2, -0.15) is 0 Å². The topological polar surface area (TPSA) is 103 Å². The van der Waals surface area contributed by atoms with Gasteiger partial charge in [0.05, 0.1) is 17.5 Å². The van der Waals surface area contributed by atoms with Crippen molar-refractivity contribution in [3.05, 3.63) is 24.4 Å². The summed E-state index contributed by atoms with van der Waals surface area (Å²) in [7, 11) is 0. The highest BCUT2D eigenvalue weighted by molar-refractivity contribution is 5.99. The van der Waals surface area contributed by atoms with E-state index in [9.17, 15) is 5.11 Å². The van der Waals surface area contributed by atoms with Crippen LogP contribution in [-0.4, -0.2) is 30.4 Å². The molecule has 0 radical (unpaired) electrons. The molecule has 0 aromatic carbocycles. The molecule has 1 aliphatic carbocycles. The minimum atomic E-state index is -0.869. The first-order valence-corrected chi connectivity index (χ1v) is 7.71. The Balaban J connectivity index is 1.87. The zero-order chi connectivity index (χ0) is 16.2. The molecule has 3 aromatic rings. The van der Waals surface area contributed by atoms with Crippen LogP contribution in [0.25, 0.3) is 22.3 Å². The van der Waals surface area contributed by atoms with Crippen LogP contribution in [0.1, 0.15) is 38.4 Å². The standard InChI is InChI=1S/C16H19N5O2/c1-16(2,22)7-21-6-10(13-14(17)18-8-19-15(13)21)11-5-12(23-20-11)9-3-4-9/h5-6,8-9,22H,3-4,7H2,1-2H3,(H2,17,18,19). The maximum Gasteiger partial charge on any atom is 0.146 e. The molecule has 120 valence electrons. The Morgan fingerprint density at radius 3 is 2.87 bits per heavy atom. The number of nitrogen functional groups attached to an aromatic ring is 1. The number of rotatable bonds is 4. The van der Waals surface area contributed by atoms with Gasteiger partial charge in [-0.15, -0.1) is 0 Å². The van der Waals surface area contributed by atoms with Crippen LogP contribution >= 0.6 is 0 Å². The van der Waals surface area contributed by atoms with E-state index in [0.29, 0.717) is 23.9 Å². The monoisotopic (exact) mass is 313 g/mol. The van der Waals surface area contributed by atoms with Crippen LogP contribution in [-0.2, 0) is 6.54 Å². The number of hydrogen-bond acceptors (Lipinski definition) is 6. The van der Waals surface area contributed by atoms with Gasteiger partial charge < -0.3 is 19.9 Å². The minimum absolute atomic E-state index is 0.396. The maximum absolute atomic E-state index is 10.1. The Labute approximate surface area is 133 Å². The van der Waals surface area contributed by atoms with E-state index in [1.807, 2.05) is 16.8 Å². The molecule has 23 heavy (non-hydrogen) atoms. The number of aliphatic hydroxyl groups is 1. The van der Waals surface area contributed by atoms with Crippen molar-refractivity contribution < 1.29 is 9.63 Å².